The molecule has 4 rings (SSSR count). The molecule has 1 amide bonds. The fourth-order valence-electron chi connectivity index (χ4n) is 3.68. The first-order valence-electron chi connectivity index (χ1n) is 10.1. The second kappa shape index (κ2) is 8.99. The molecule has 2 heterocycles. The molecule has 0 bridgehead atoms. The first-order chi connectivity index (χ1) is 15.1. The molecule has 1 aliphatic heterocycles. The number of ether oxygens (including phenoxy) is 1. The molecule has 8 heteroatoms. The summed E-state index contributed by atoms with van der Waals surface area (Å²) in [6.07, 6.45) is 1.16. The van der Waals surface area contributed by atoms with Gasteiger partial charge in [0, 0.05) is 31.7 Å². The van der Waals surface area contributed by atoms with E-state index in [1.54, 1.807) is 54.3 Å². The van der Waals surface area contributed by atoms with Gasteiger partial charge in [-0.15, -0.1) is 0 Å². The summed E-state index contributed by atoms with van der Waals surface area (Å²) in [5, 5.41) is 0. The van der Waals surface area contributed by atoms with E-state index in [9.17, 15) is 14.0 Å². The van der Waals surface area contributed by atoms with E-state index in [2.05, 4.69) is 4.98 Å². The number of hydrogen-bond donors (Lipinski definition) is 0. The molecule has 1 aromatic heterocycles. The second-order valence-corrected chi connectivity index (χ2v) is 7.03. The number of piperazine rings is 1. The van der Waals surface area contributed by atoms with Crippen molar-refractivity contribution in [2.24, 2.45) is 0 Å². The fraction of sp³-hybridized carbons (Fsp3) is 0.261. The zero-order valence-corrected chi connectivity index (χ0v) is 17.1. The number of halogens is 1. The van der Waals surface area contributed by atoms with Crippen molar-refractivity contribution in [3.63, 3.8) is 0 Å². The molecule has 0 unspecified atom stereocenters. The van der Waals surface area contributed by atoms with Crippen LogP contribution in [0.4, 0.5) is 10.1 Å². The molecule has 7 nitrogen and oxygen atoms in total. The highest BCUT2D eigenvalue weighted by atomic mass is 19.1. The SMILES string of the molecule is CCOC(=O)c1ncoc1-c1ccccc1C(=O)N1CCN(c2ccccc2F)CC1. The smallest absolute Gasteiger partial charge is 0.360 e. The topological polar surface area (TPSA) is 75.9 Å². The molecule has 0 N–H and O–H groups in total. The predicted molar refractivity (Wildman–Crippen MR) is 112 cm³/mol. The molecule has 1 aliphatic rings. The molecular weight excluding hydrogens is 401 g/mol. The van der Waals surface area contributed by atoms with Gasteiger partial charge in [-0.2, -0.15) is 0 Å². The molecule has 160 valence electrons. The maximum atomic E-state index is 14.1. The van der Waals surface area contributed by atoms with Crippen LogP contribution in [0, 0.1) is 5.82 Å². The summed E-state index contributed by atoms with van der Waals surface area (Å²) >= 11 is 0. The van der Waals surface area contributed by atoms with Crippen molar-refractivity contribution in [3.8, 4) is 11.3 Å². The van der Waals surface area contributed by atoms with Crippen LogP contribution >= 0.6 is 0 Å². The van der Waals surface area contributed by atoms with Crippen LogP contribution in [-0.2, 0) is 4.74 Å². The third-order valence-corrected chi connectivity index (χ3v) is 5.20. The Labute approximate surface area is 179 Å². The van der Waals surface area contributed by atoms with Gasteiger partial charge in [0.1, 0.15) is 5.82 Å². The number of rotatable bonds is 5. The van der Waals surface area contributed by atoms with Crippen molar-refractivity contribution in [1.29, 1.82) is 0 Å². The largest absolute Gasteiger partial charge is 0.461 e. The number of carbonyl (C=O) groups is 2. The van der Waals surface area contributed by atoms with E-state index >= 15 is 0 Å². The van der Waals surface area contributed by atoms with Gasteiger partial charge < -0.3 is 19.0 Å². The number of hydrogen-bond acceptors (Lipinski definition) is 6. The Morgan fingerprint density at radius 1 is 1.06 bits per heavy atom. The van der Waals surface area contributed by atoms with Crippen molar-refractivity contribution < 1.29 is 23.1 Å². The first-order valence-corrected chi connectivity index (χ1v) is 10.1. The number of para-hydroxylation sites is 1. The molecule has 0 saturated carbocycles. The molecule has 1 fully saturated rings. The van der Waals surface area contributed by atoms with E-state index in [0.29, 0.717) is 43.0 Å². The number of aromatic nitrogens is 1. The minimum Gasteiger partial charge on any atom is -0.461 e. The summed E-state index contributed by atoms with van der Waals surface area (Å²) in [4.78, 5) is 33.1. The molecule has 31 heavy (non-hydrogen) atoms. The Hall–Kier alpha value is -3.68. The summed E-state index contributed by atoms with van der Waals surface area (Å²) in [5.41, 5.74) is 1.45. The highest BCUT2D eigenvalue weighted by Gasteiger charge is 2.28. The van der Waals surface area contributed by atoms with Gasteiger partial charge in [-0.25, -0.2) is 14.2 Å². The third-order valence-electron chi connectivity index (χ3n) is 5.20. The van der Waals surface area contributed by atoms with Crippen LogP contribution in [-0.4, -0.2) is 54.5 Å². The zero-order valence-electron chi connectivity index (χ0n) is 17.1. The van der Waals surface area contributed by atoms with Crippen LogP contribution in [0.3, 0.4) is 0 Å². The molecule has 1 saturated heterocycles. The van der Waals surface area contributed by atoms with Gasteiger partial charge in [-0.05, 0) is 25.1 Å². The minimum absolute atomic E-state index is 0.0338. The van der Waals surface area contributed by atoms with Gasteiger partial charge in [0.15, 0.2) is 17.8 Å². The van der Waals surface area contributed by atoms with Crippen molar-refractivity contribution in [2.45, 2.75) is 6.92 Å². The van der Waals surface area contributed by atoms with Crippen molar-refractivity contribution in [3.05, 3.63) is 72.0 Å². The Morgan fingerprint density at radius 2 is 1.77 bits per heavy atom. The monoisotopic (exact) mass is 423 g/mol. The highest BCUT2D eigenvalue weighted by Crippen LogP contribution is 2.29. The lowest BCUT2D eigenvalue weighted by atomic mass is 10.0. The second-order valence-electron chi connectivity index (χ2n) is 7.03. The van der Waals surface area contributed by atoms with E-state index in [4.69, 9.17) is 9.15 Å². The summed E-state index contributed by atoms with van der Waals surface area (Å²) in [7, 11) is 0. The maximum absolute atomic E-state index is 14.1. The lowest BCUT2D eigenvalue weighted by molar-refractivity contribution is 0.0520. The average molecular weight is 423 g/mol. The van der Waals surface area contributed by atoms with Crippen LogP contribution in [0.2, 0.25) is 0 Å². The lowest BCUT2D eigenvalue weighted by Crippen LogP contribution is -2.49. The average Bonchev–Trinajstić information content (AvgIpc) is 3.29. The zero-order chi connectivity index (χ0) is 21.8. The Kier molecular flexibility index (Phi) is 5.97. The Balaban J connectivity index is 1.55. The van der Waals surface area contributed by atoms with Crippen LogP contribution in [0.25, 0.3) is 11.3 Å². The molecule has 0 spiro atoms. The quantitative estimate of drug-likeness (QED) is 0.584. The standard InChI is InChI=1S/C23H22FN3O4/c1-2-30-23(29)20-21(31-15-25-20)16-7-3-4-8-17(16)22(28)27-13-11-26(12-14-27)19-10-6-5-9-18(19)24/h3-10,15H,2,11-14H2,1H3. The van der Waals surface area contributed by atoms with Crippen molar-refractivity contribution in [2.75, 3.05) is 37.7 Å². The molecule has 3 aromatic rings. The number of esters is 1. The van der Waals surface area contributed by atoms with Crippen molar-refractivity contribution >= 4 is 17.6 Å². The number of benzene rings is 2. The van der Waals surface area contributed by atoms with Gasteiger partial charge in [-0.3, -0.25) is 4.79 Å². The normalized spacial score (nSPS) is 13.9. The van der Waals surface area contributed by atoms with Crippen molar-refractivity contribution in [1.82, 2.24) is 9.88 Å². The molecule has 0 atom stereocenters. The molecular formula is C23H22FN3O4. The van der Waals surface area contributed by atoms with E-state index in [-0.39, 0.29) is 29.8 Å². The van der Waals surface area contributed by atoms with Gasteiger partial charge in [0.2, 0.25) is 0 Å². The Morgan fingerprint density at radius 3 is 2.52 bits per heavy atom. The van der Waals surface area contributed by atoms with E-state index in [1.165, 1.54) is 6.07 Å². The molecule has 0 aliphatic carbocycles. The highest BCUT2D eigenvalue weighted by molar-refractivity contribution is 6.03. The lowest BCUT2D eigenvalue weighted by Gasteiger charge is -2.36. The van der Waals surface area contributed by atoms with Gasteiger partial charge in [-0.1, -0.05) is 30.3 Å². The van der Waals surface area contributed by atoms with E-state index < -0.39 is 5.97 Å². The fourth-order valence-corrected chi connectivity index (χ4v) is 3.68. The van der Waals surface area contributed by atoms with Crippen LogP contribution in [0.15, 0.2) is 59.3 Å². The van der Waals surface area contributed by atoms with E-state index in [0.717, 1.165) is 6.39 Å². The summed E-state index contributed by atoms with van der Waals surface area (Å²) in [5.74, 6) is -0.862. The van der Waals surface area contributed by atoms with Gasteiger partial charge >= 0.3 is 5.97 Å². The number of anilines is 1. The number of carbonyl (C=O) groups excluding carboxylic acids is 2. The number of amides is 1. The summed E-state index contributed by atoms with van der Waals surface area (Å²) in [6, 6.07) is 13.6. The van der Waals surface area contributed by atoms with Crippen LogP contribution in [0.5, 0.6) is 0 Å². The Bertz CT molecular complexity index is 1090. The third kappa shape index (κ3) is 4.14. The summed E-state index contributed by atoms with van der Waals surface area (Å²) < 4.78 is 24.6. The van der Waals surface area contributed by atoms with E-state index in [1.807, 2.05) is 4.90 Å². The molecule has 2 aromatic carbocycles. The first kappa shape index (κ1) is 20.6. The van der Waals surface area contributed by atoms with Gasteiger partial charge in [0.25, 0.3) is 5.91 Å². The number of oxazole rings is 1. The van der Waals surface area contributed by atoms with Crippen LogP contribution in [0.1, 0.15) is 27.8 Å². The van der Waals surface area contributed by atoms with Crippen LogP contribution < -0.4 is 4.90 Å². The molecule has 0 radical (unpaired) electrons. The minimum atomic E-state index is -0.605. The summed E-state index contributed by atoms with van der Waals surface area (Å²) in [6.45, 7) is 3.84. The predicted octanol–water partition coefficient (Wildman–Crippen LogP) is 3.62. The number of nitrogens with zero attached hydrogens (tertiary/aromatic N) is 3. The van der Waals surface area contributed by atoms with Gasteiger partial charge in [0.05, 0.1) is 17.9 Å². The maximum Gasteiger partial charge on any atom is 0.360 e.